The van der Waals surface area contributed by atoms with Gasteiger partial charge in [0.2, 0.25) is 5.78 Å². The first-order chi connectivity index (χ1) is 12.5. The van der Waals surface area contributed by atoms with Crippen molar-refractivity contribution in [1.29, 1.82) is 0 Å². The summed E-state index contributed by atoms with van der Waals surface area (Å²) in [5.74, 6) is -0.550. The zero-order valence-corrected chi connectivity index (χ0v) is 15.4. The molecular weight excluding hydrogens is 372 g/mol. The molecule has 3 N–H and O–H groups in total. The largest absolute Gasteiger partial charge is 0.465 e. The second-order valence-corrected chi connectivity index (χ2v) is 6.91. The van der Waals surface area contributed by atoms with E-state index in [4.69, 9.17) is 17.3 Å². The number of ether oxygens (including phenoxy) is 1. The molecule has 1 heterocycles. The van der Waals surface area contributed by atoms with Crippen molar-refractivity contribution < 1.29 is 14.3 Å². The van der Waals surface area contributed by atoms with Crippen LogP contribution < -0.4 is 11.1 Å². The van der Waals surface area contributed by atoms with Gasteiger partial charge in [0.15, 0.2) is 0 Å². The minimum Gasteiger partial charge on any atom is -0.465 e. The number of carbonyl (C=O) groups is 2. The van der Waals surface area contributed by atoms with Crippen LogP contribution in [0.5, 0.6) is 0 Å². The van der Waals surface area contributed by atoms with E-state index < -0.39 is 5.97 Å². The number of nitrogen functional groups attached to an aromatic ring is 1. The summed E-state index contributed by atoms with van der Waals surface area (Å²) >= 11 is 7.12. The van der Waals surface area contributed by atoms with E-state index in [1.165, 1.54) is 18.4 Å². The van der Waals surface area contributed by atoms with Crippen LogP contribution in [0.4, 0.5) is 16.4 Å². The van der Waals surface area contributed by atoms with Crippen LogP contribution in [0.25, 0.3) is 0 Å². The molecule has 0 spiro atoms. The number of benzene rings is 2. The average Bonchev–Trinajstić information content (AvgIpc) is 3.02. The van der Waals surface area contributed by atoms with Gasteiger partial charge in [-0.2, -0.15) is 0 Å². The van der Waals surface area contributed by atoms with Gasteiger partial charge in [0.25, 0.3) is 0 Å². The summed E-state index contributed by atoms with van der Waals surface area (Å²) in [7, 11) is 1.34. The van der Waals surface area contributed by atoms with Crippen LogP contribution in [0.15, 0.2) is 54.6 Å². The number of thiophene rings is 1. The molecule has 0 unspecified atom stereocenters. The third-order valence-corrected chi connectivity index (χ3v) is 4.96. The fraction of sp³-hybridized carbons (Fsp3) is 0.0526. The first kappa shape index (κ1) is 18.0. The highest BCUT2D eigenvalue weighted by Gasteiger charge is 2.16. The second kappa shape index (κ2) is 7.59. The summed E-state index contributed by atoms with van der Waals surface area (Å²) in [6.45, 7) is 0. The molecule has 5 nitrogen and oxygen atoms in total. The smallest absolute Gasteiger partial charge is 0.337 e. The Bertz CT molecular complexity index is 950. The number of halogens is 1. The Morgan fingerprint density at radius 2 is 1.65 bits per heavy atom. The van der Waals surface area contributed by atoms with Crippen molar-refractivity contribution in [2.75, 3.05) is 18.2 Å². The van der Waals surface area contributed by atoms with Crippen molar-refractivity contribution >= 4 is 51.1 Å². The predicted molar refractivity (Wildman–Crippen MR) is 105 cm³/mol. The topological polar surface area (TPSA) is 81.4 Å². The maximum Gasteiger partial charge on any atom is 0.337 e. The number of nitrogens with one attached hydrogen (secondary N) is 1. The summed E-state index contributed by atoms with van der Waals surface area (Å²) in [5, 5.41) is 4.47. The molecule has 0 aliphatic heterocycles. The van der Waals surface area contributed by atoms with Crippen LogP contribution in [-0.2, 0) is 4.74 Å². The normalized spacial score (nSPS) is 10.4. The number of hydrogen-bond donors (Lipinski definition) is 2. The Kier molecular flexibility index (Phi) is 5.25. The lowest BCUT2D eigenvalue weighted by Crippen LogP contribution is -2.01. The van der Waals surface area contributed by atoms with Crippen LogP contribution in [0.2, 0.25) is 5.02 Å². The number of carbonyl (C=O) groups excluding carboxylic acids is 2. The van der Waals surface area contributed by atoms with Crippen molar-refractivity contribution in [3.63, 3.8) is 0 Å². The van der Waals surface area contributed by atoms with E-state index in [0.29, 0.717) is 26.7 Å². The van der Waals surface area contributed by atoms with Crippen LogP contribution >= 0.6 is 22.9 Å². The molecule has 0 saturated carbocycles. The van der Waals surface area contributed by atoms with Gasteiger partial charge in [-0.15, -0.1) is 11.3 Å². The van der Waals surface area contributed by atoms with E-state index in [-0.39, 0.29) is 5.78 Å². The first-order valence-electron chi connectivity index (χ1n) is 7.63. The molecule has 2 aromatic carbocycles. The summed E-state index contributed by atoms with van der Waals surface area (Å²) < 4.78 is 4.67. The van der Waals surface area contributed by atoms with Crippen molar-refractivity contribution in [2.24, 2.45) is 0 Å². The number of nitrogens with two attached hydrogens (primary N) is 1. The number of rotatable bonds is 5. The van der Waals surface area contributed by atoms with Gasteiger partial charge in [-0.1, -0.05) is 11.6 Å². The van der Waals surface area contributed by atoms with Crippen molar-refractivity contribution in [3.8, 4) is 0 Å². The number of methoxy groups -OCH3 is 1. The van der Waals surface area contributed by atoms with Crippen LogP contribution in [-0.4, -0.2) is 18.9 Å². The second-order valence-electron chi connectivity index (χ2n) is 5.43. The standard InChI is InChI=1S/C19H15ClN2O3S/c1-25-19(24)12-4-8-14(9-5-12)22-16-10-15(21)18(26-16)17(23)11-2-6-13(20)7-3-11/h2-10,22H,21H2,1H3. The fourth-order valence-corrected chi connectivity index (χ4v) is 3.41. The Labute approximate surface area is 159 Å². The number of esters is 1. The molecule has 0 atom stereocenters. The number of hydrogen-bond acceptors (Lipinski definition) is 6. The average molecular weight is 387 g/mol. The molecule has 0 radical (unpaired) electrons. The van der Waals surface area contributed by atoms with Gasteiger partial charge in [-0.05, 0) is 54.6 Å². The van der Waals surface area contributed by atoms with E-state index in [0.717, 1.165) is 10.7 Å². The molecule has 132 valence electrons. The molecule has 0 aliphatic carbocycles. The predicted octanol–water partition coefficient (Wildman–Crippen LogP) is 4.74. The summed E-state index contributed by atoms with van der Waals surface area (Å²) in [6, 6.07) is 15.2. The van der Waals surface area contributed by atoms with Gasteiger partial charge in [-0.3, -0.25) is 4.79 Å². The minimum absolute atomic E-state index is 0.154. The maximum absolute atomic E-state index is 12.6. The zero-order valence-electron chi connectivity index (χ0n) is 13.8. The molecule has 0 aliphatic rings. The summed E-state index contributed by atoms with van der Waals surface area (Å²) in [4.78, 5) is 24.5. The summed E-state index contributed by atoms with van der Waals surface area (Å²) in [5.41, 5.74) is 8.17. The van der Waals surface area contributed by atoms with E-state index in [2.05, 4.69) is 10.1 Å². The third-order valence-electron chi connectivity index (χ3n) is 3.65. The van der Waals surface area contributed by atoms with E-state index in [1.807, 2.05) is 0 Å². The zero-order chi connectivity index (χ0) is 18.7. The Balaban J connectivity index is 1.78. The highest BCUT2D eigenvalue weighted by molar-refractivity contribution is 7.18. The third kappa shape index (κ3) is 3.87. The van der Waals surface area contributed by atoms with Crippen LogP contribution in [0.3, 0.4) is 0 Å². The molecule has 7 heteroatoms. The van der Waals surface area contributed by atoms with Crippen LogP contribution in [0, 0.1) is 0 Å². The Morgan fingerprint density at radius 1 is 1.04 bits per heavy atom. The Hall–Kier alpha value is -2.83. The van der Waals surface area contributed by atoms with Gasteiger partial charge in [-0.25, -0.2) is 4.79 Å². The first-order valence-corrected chi connectivity index (χ1v) is 8.82. The summed E-state index contributed by atoms with van der Waals surface area (Å²) in [6.07, 6.45) is 0. The van der Waals surface area contributed by atoms with Gasteiger partial charge in [0, 0.05) is 16.3 Å². The molecule has 3 aromatic rings. The minimum atomic E-state index is -0.396. The molecule has 3 rings (SSSR count). The molecule has 1 aromatic heterocycles. The van der Waals surface area contributed by atoms with Crippen molar-refractivity contribution in [3.05, 3.63) is 75.6 Å². The van der Waals surface area contributed by atoms with Gasteiger partial charge in [0.05, 0.1) is 23.4 Å². The van der Waals surface area contributed by atoms with Gasteiger partial charge < -0.3 is 15.8 Å². The molecule has 26 heavy (non-hydrogen) atoms. The monoisotopic (exact) mass is 386 g/mol. The van der Waals surface area contributed by atoms with Gasteiger partial charge >= 0.3 is 5.97 Å². The fourth-order valence-electron chi connectivity index (χ4n) is 2.33. The molecule has 0 bridgehead atoms. The maximum atomic E-state index is 12.6. The quantitative estimate of drug-likeness (QED) is 0.488. The lowest BCUT2D eigenvalue weighted by atomic mass is 10.1. The van der Waals surface area contributed by atoms with E-state index in [1.54, 1.807) is 54.6 Å². The van der Waals surface area contributed by atoms with Gasteiger partial charge in [0.1, 0.15) is 4.88 Å². The molecule has 0 fully saturated rings. The lowest BCUT2D eigenvalue weighted by molar-refractivity contribution is 0.0600. The molecular formula is C19H15ClN2O3S. The molecule has 0 saturated heterocycles. The number of anilines is 3. The Morgan fingerprint density at radius 3 is 2.27 bits per heavy atom. The van der Waals surface area contributed by atoms with Crippen LogP contribution in [0.1, 0.15) is 25.6 Å². The van der Waals surface area contributed by atoms with Crippen molar-refractivity contribution in [2.45, 2.75) is 0 Å². The van der Waals surface area contributed by atoms with E-state index in [9.17, 15) is 9.59 Å². The highest BCUT2D eigenvalue weighted by Crippen LogP contribution is 2.33. The SMILES string of the molecule is COC(=O)c1ccc(Nc2cc(N)c(C(=O)c3ccc(Cl)cc3)s2)cc1. The lowest BCUT2D eigenvalue weighted by Gasteiger charge is -2.04. The molecule has 0 amide bonds. The number of ketones is 1. The van der Waals surface area contributed by atoms with Crippen molar-refractivity contribution in [1.82, 2.24) is 0 Å². The highest BCUT2D eigenvalue weighted by atomic mass is 35.5. The van der Waals surface area contributed by atoms with E-state index >= 15 is 0 Å².